The highest BCUT2D eigenvalue weighted by atomic mass is 19.1. The van der Waals surface area contributed by atoms with Crippen molar-refractivity contribution in [1.29, 1.82) is 0 Å². The third-order valence-electron chi connectivity index (χ3n) is 2.78. The van der Waals surface area contributed by atoms with Crippen LogP contribution in [-0.4, -0.2) is 12.9 Å². The molecule has 0 saturated heterocycles. The lowest BCUT2D eigenvalue weighted by Gasteiger charge is -2.14. The lowest BCUT2D eigenvalue weighted by atomic mass is 9.93. The van der Waals surface area contributed by atoms with Crippen LogP contribution in [0.5, 0.6) is 5.75 Å². The first kappa shape index (κ1) is 12.7. The zero-order valence-corrected chi connectivity index (χ0v) is 9.92. The SMILES string of the molecule is CCC(Cc1cc(F)ccc1OC)C(C)=O. The van der Waals surface area contributed by atoms with Gasteiger partial charge in [-0.2, -0.15) is 0 Å². The van der Waals surface area contributed by atoms with Crippen molar-refractivity contribution in [2.45, 2.75) is 26.7 Å². The van der Waals surface area contributed by atoms with E-state index in [1.54, 1.807) is 20.1 Å². The normalized spacial score (nSPS) is 12.2. The van der Waals surface area contributed by atoms with Crippen molar-refractivity contribution in [1.82, 2.24) is 0 Å². The Labute approximate surface area is 95.4 Å². The first-order valence-electron chi connectivity index (χ1n) is 5.41. The topological polar surface area (TPSA) is 26.3 Å². The second kappa shape index (κ2) is 5.64. The molecule has 88 valence electrons. The summed E-state index contributed by atoms with van der Waals surface area (Å²) in [6.07, 6.45) is 1.29. The molecule has 0 amide bonds. The Kier molecular flexibility index (Phi) is 4.47. The van der Waals surface area contributed by atoms with Gasteiger partial charge in [-0.3, -0.25) is 4.79 Å². The predicted octanol–water partition coefficient (Wildman–Crippen LogP) is 2.99. The first-order valence-corrected chi connectivity index (χ1v) is 5.41. The number of hydrogen-bond acceptors (Lipinski definition) is 2. The van der Waals surface area contributed by atoms with E-state index in [4.69, 9.17) is 4.74 Å². The van der Waals surface area contributed by atoms with E-state index in [1.807, 2.05) is 6.92 Å². The highest BCUT2D eigenvalue weighted by Gasteiger charge is 2.15. The molecule has 0 spiro atoms. The van der Waals surface area contributed by atoms with Gasteiger partial charge in [-0.25, -0.2) is 4.39 Å². The molecule has 0 aliphatic rings. The van der Waals surface area contributed by atoms with Gasteiger partial charge >= 0.3 is 0 Å². The highest BCUT2D eigenvalue weighted by Crippen LogP contribution is 2.24. The zero-order chi connectivity index (χ0) is 12.1. The molecule has 0 heterocycles. The Morgan fingerprint density at radius 3 is 2.69 bits per heavy atom. The number of rotatable bonds is 5. The molecular formula is C13H17FO2. The monoisotopic (exact) mass is 224 g/mol. The lowest BCUT2D eigenvalue weighted by molar-refractivity contribution is -0.120. The lowest BCUT2D eigenvalue weighted by Crippen LogP contribution is -2.13. The van der Waals surface area contributed by atoms with Gasteiger partial charge in [0.1, 0.15) is 17.3 Å². The minimum atomic E-state index is -0.297. The molecule has 1 unspecified atom stereocenters. The van der Waals surface area contributed by atoms with Crippen molar-refractivity contribution >= 4 is 5.78 Å². The molecule has 0 N–H and O–H groups in total. The summed E-state index contributed by atoms with van der Waals surface area (Å²) in [5.41, 5.74) is 0.754. The molecule has 0 fully saturated rings. The Morgan fingerprint density at radius 1 is 1.50 bits per heavy atom. The number of ether oxygens (including phenoxy) is 1. The van der Waals surface area contributed by atoms with Crippen molar-refractivity contribution in [2.75, 3.05) is 7.11 Å². The summed E-state index contributed by atoms with van der Waals surface area (Å²) in [6, 6.07) is 4.39. The van der Waals surface area contributed by atoms with Crippen LogP contribution in [0.4, 0.5) is 4.39 Å². The second-order valence-corrected chi connectivity index (χ2v) is 3.88. The van der Waals surface area contributed by atoms with Gasteiger partial charge in [0, 0.05) is 5.92 Å². The summed E-state index contributed by atoms with van der Waals surface area (Å²) in [6.45, 7) is 3.53. The van der Waals surface area contributed by atoms with E-state index in [9.17, 15) is 9.18 Å². The molecule has 0 aliphatic carbocycles. The molecule has 0 aliphatic heterocycles. The van der Waals surface area contributed by atoms with E-state index in [2.05, 4.69) is 0 Å². The highest BCUT2D eigenvalue weighted by molar-refractivity contribution is 5.78. The summed E-state index contributed by atoms with van der Waals surface area (Å²) in [5.74, 6) is 0.416. The van der Waals surface area contributed by atoms with Gasteiger partial charge in [0.05, 0.1) is 7.11 Å². The number of hydrogen-bond donors (Lipinski definition) is 0. The Morgan fingerprint density at radius 2 is 2.19 bits per heavy atom. The van der Waals surface area contributed by atoms with E-state index >= 15 is 0 Å². The van der Waals surface area contributed by atoms with Crippen molar-refractivity contribution in [3.05, 3.63) is 29.6 Å². The number of Topliss-reactive ketones (excluding diaryl/α,β-unsaturated/α-hetero) is 1. The minimum absolute atomic E-state index is 0.0595. The van der Waals surface area contributed by atoms with Gasteiger partial charge < -0.3 is 4.74 Å². The van der Waals surface area contributed by atoms with Crippen LogP contribution in [0.2, 0.25) is 0 Å². The summed E-state index contributed by atoms with van der Waals surface area (Å²) < 4.78 is 18.2. The van der Waals surface area contributed by atoms with Crippen LogP contribution in [0.1, 0.15) is 25.8 Å². The average molecular weight is 224 g/mol. The van der Waals surface area contributed by atoms with Crippen molar-refractivity contribution < 1.29 is 13.9 Å². The third-order valence-corrected chi connectivity index (χ3v) is 2.78. The molecular weight excluding hydrogens is 207 g/mol. The quantitative estimate of drug-likeness (QED) is 0.768. The van der Waals surface area contributed by atoms with Crippen LogP contribution in [0.3, 0.4) is 0 Å². The van der Waals surface area contributed by atoms with Crippen LogP contribution in [-0.2, 0) is 11.2 Å². The van der Waals surface area contributed by atoms with E-state index in [0.29, 0.717) is 12.2 Å². The zero-order valence-electron chi connectivity index (χ0n) is 9.92. The van der Waals surface area contributed by atoms with Gasteiger partial charge in [-0.1, -0.05) is 6.92 Å². The Bertz CT molecular complexity index is 374. The third kappa shape index (κ3) is 3.05. The molecule has 3 heteroatoms. The van der Waals surface area contributed by atoms with Crippen molar-refractivity contribution in [2.24, 2.45) is 5.92 Å². The number of methoxy groups -OCH3 is 1. The van der Waals surface area contributed by atoms with Crippen LogP contribution in [0, 0.1) is 11.7 Å². The van der Waals surface area contributed by atoms with Crippen LogP contribution in [0.25, 0.3) is 0 Å². The fraction of sp³-hybridized carbons (Fsp3) is 0.462. The molecule has 0 saturated carbocycles. The average Bonchev–Trinajstić information content (AvgIpc) is 2.25. The van der Waals surface area contributed by atoms with Crippen molar-refractivity contribution in [3.63, 3.8) is 0 Å². The molecule has 1 aromatic rings. The number of carbonyl (C=O) groups excluding carboxylic acids is 1. The molecule has 16 heavy (non-hydrogen) atoms. The maximum Gasteiger partial charge on any atom is 0.133 e. The van der Waals surface area contributed by atoms with Crippen LogP contribution >= 0.6 is 0 Å². The summed E-state index contributed by atoms with van der Waals surface area (Å²) >= 11 is 0. The van der Waals surface area contributed by atoms with Crippen molar-refractivity contribution in [3.8, 4) is 5.75 Å². The maximum atomic E-state index is 13.1. The van der Waals surface area contributed by atoms with Gasteiger partial charge in [-0.15, -0.1) is 0 Å². The molecule has 1 rings (SSSR count). The molecule has 1 aromatic carbocycles. The van der Waals surface area contributed by atoms with E-state index in [-0.39, 0.29) is 17.5 Å². The summed E-state index contributed by atoms with van der Waals surface area (Å²) in [4.78, 5) is 11.3. The molecule has 1 atom stereocenters. The fourth-order valence-corrected chi connectivity index (χ4v) is 1.75. The maximum absolute atomic E-state index is 13.1. The van der Waals surface area contributed by atoms with Gasteiger partial charge in [0.2, 0.25) is 0 Å². The number of benzene rings is 1. The molecule has 0 radical (unpaired) electrons. The minimum Gasteiger partial charge on any atom is -0.496 e. The largest absolute Gasteiger partial charge is 0.496 e. The molecule has 0 bridgehead atoms. The number of halogens is 1. The number of ketones is 1. The van der Waals surface area contributed by atoms with E-state index in [0.717, 1.165) is 12.0 Å². The predicted molar refractivity (Wildman–Crippen MR) is 61.1 cm³/mol. The number of carbonyl (C=O) groups is 1. The smallest absolute Gasteiger partial charge is 0.133 e. The Balaban J connectivity index is 2.93. The first-order chi connectivity index (χ1) is 7.58. The Hall–Kier alpha value is -1.38. The summed E-state index contributed by atoms with van der Waals surface area (Å²) in [7, 11) is 1.55. The standard InChI is InChI=1S/C13H17FO2/c1-4-10(9(2)15)7-11-8-12(14)5-6-13(11)16-3/h5-6,8,10H,4,7H2,1-3H3. The van der Waals surface area contributed by atoms with E-state index in [1.165, 1.54) is 12.1 Å². The summed E-state index contributed by atoms with van der Waals surface area (Å²) in [5, 5.41) is 0. The van der Waals surface area contributed by atoms with Crippen LogP contribution < -0.4 is 4.74 Å². The molecule has 2 nitrogen and oxygen atoms in total. The second-order valence-electron chi connectivity index (χ2n) is 3.88. The van der Waals surface area contributed by atoms with Crippen LogP contribution in [0.15, 0.2) is 18.2 Å². The van der Waals surface area contributed by atoms with Gasteiger partial charge in [0.15, 0.2) is 0 Å². The van der Waals surface area contributed by atoms with E-state index < -0.39 is 0 Å². The van der Waals surface area contributed by atoms with Gasteiger partial charge in [-0.05, 0) is 43.5 Å². The van der Waals surface area contributed by atoms with Gasteiger partial charge in [0.25, 0.3) is 0 Å². The fourth-order valence-electron chi connectivity index (χ4n) is 1.75. The molecule has 0 aromatic heterocycles.